The number of nitrogens with two attached hydrogens (primary N) is 1. The van der Waals surface area contributed by atoms with Crippen molar-refractivity contribution in [3.8, 4) is 0 Å². The second-order valence-corrected chi connectivity index (χ2v) is 4.54. The second kappa shape index (κ2) is 6.61. The van der Waals surface area contributed by atoms with Crippen molar-refractivity contribution in [2.75, 3.05) is 18.9 Å². The Morgan fingerprint density at radius 2 is 2.29 bits per heavy atom. The molecule has 0 fully saturated rings. The third-order valence-corrected chi connectivity index (χ3v) is 3.11. The van der Waals surface area contributed by atoms with Crippen molar-refractivity contribution >= 4 is 27.5 Å². The van der Waals surface area contributed by atoms with Gasteiger partial charge >= 0.3 is 0 Å². The van der Waals surface area contributed by atoms with Crippen LogP contribution in [-0.4, -0.2) is 25.2 Å². The number of carbonyl (C=O) groups excluding carboxylic acids is 1. The summed E-state index contributed by atoms with van der Waals surface area (Å²) in [4.78, 5) is 11.9. The largest absolute Gasteiger partial charge is 0.398 e. The van der Waals surface area contributed by atoms with Gasteiger partial charge in [0.2, 0.25) is 0 Å². The first-order chi connectivity index (χ1) is 8.06. The molecule has 3 N–H and O–H groups in total. The zero-order chi connectivity index (χ0) is 12.8. The van der Waals surface area contributed by atoms with Crippen LogP contribution in [-0.2, 0) is 4.74 Å². The van der Waals surface area contributed by atoms with E-state index in [9.17, 15) is 4.79 Å². The normalized spacial score (nSPS) is 12.2. The van der Waals surface area contributed by atoms with Crippen LogP contribution in [0.25, 0.3) is 0 Å². The monoisotopic (exact) mass is 300 g/mol. The number of rotatable bonds is 5. The van der Waals surface area contributed by atoms with Gasteiger partial charge in [0, 0.05) is 18.3 Å². The molecule has 0 heterocycles. The fourth-order valence-electron chi connectivity index (χ4n) is 1.36. The molecule has 4 nitrogen and oxygen atoms in total. The molecular weight excluding hydrogens is 284 g/mol. The van der Waals surface area contributed by atoms with Crippen molar-refractivity contribution < 1.29 is 9.53 Å². The average molecular weight is 301 g/mol. The third kappa shape index (κ3) is 4.02. The SMILES string of the molecule is CCOCC(C)NC(=O)c1cccc(N)c1Br. The highest BCUT2D eigenvalue weighted by atomic mass is 79.9. The molecule has 0 aliphatic carbocycles. The number of amides is 1. The fraction of sp³-hybridized carbons (Fsp3) is 0.417. The smallest absolute Gasteiger partial charge is 0.252 e. The van der Waals surface area contributed by atoms with E-state index in [2.05, 4.69) is 21.2 Å². The highest BCUT2D eigenvalue weighted by Crippen LogP contribution is 2.23. The maximum atomic E-state index is 11.9. The van der Waals surface area contributed by atoms with Gasteiger partial charge in [-0.25, -0.2) is 0 Å². The van der Waals surface area contributed by atoms with Gasteiger partial charge in [0.25, 0.3) is 5.91 Å². The molecule has 1 unspecified atom stereocenters. The number of ether oxygens (including phenoxy) is 1. The zero-order valence-electron chi connectivity index (χ0n) is 10.00. The van der Waals surface area contributed by atoms with E-state index in [1.165, 1.54) is 0 Å². The number of nitrogen functional groups attached to an aromatic ring is 1. The number of hydrogen-bond acceptors (Lipinski definition) is 3. The standard InChI is InChI=1S/C12H17BrN2O2/c1-3-17-7-8(2)15-12(16)9-5-4-6-10(14)11(9)13/h4-6,8H,3,7,14H2,1-2H3,(H,15,16). The molecule has 1 atom stereocenters. The van der Waals surface area contributed by atoms with Crippen molar-refractivity contribution in [1.82, 2.24) is 5.32 Å². The van der Waals surface area contributed by atoms with Crippen LogP contribution in [0.5, 0.6) is 0 Å². The van der Waals surface area contributed by atoms with Gasteiger partial charge < -0.3 is 15.8 Å². The van der Waals surface area contributed by atoms with E-state index >= 15 is 0 Å². The molecule has 0 saturated heterocycles. The van der Waals surface area contributed by atoms with Gasteiger partial charge in [0.05, 0.1) is 16.6 Å². The van der Waals surface area contributed by atoms with Crippen molar-refractivity contribution in [1.29, 1.82) is 0 Å². The molecule has 0 aliphatic rings. The van der Waals surface area contributed by atoms with Gasteiger partial charge in [0.15, 0.2) is 0 Å². The molecule has 1 amide bonds. The van der Waals surface area contributed by atoms with Crippen molar-refractivity contribution in [2.24, 2.45) is 0 Å². The highest BCUT2D eigenvalue weighted by Gasteiger charge is 2.13. The van der Waals surface area contributed by atoms with E-state index in [1.807, 2.05) is 13.8 Å². The summed E-state index contributed by atoms with van der Waals surface area (Å²) in [6.45, 7) is 4.96. The van der Waals surface area contributed by atoms with E-state index in [-0.39, 0.29) is 11.9 Å². The first kappa shape index (κ1) is 14.0. The molecule has 0 spiro atoms. The van der Waals surface area contributed by atoms with Gasteiger partial charge in [-0.1, -0.05) is 6.07 Å². The van der Waals surface area contributed by atoms with Crippen LogP contribution in [0, 0.1) is 0 Å². The topological polar surface area (TPSA) is 64.3 Å². The van der Waals surface area contributed by atoms with E-state index in [1.54, 1.807) is 18.2 Å². The Hall–Kier alpha value is -1.07. The second-order valence-electron chi connectivity index (χ2n) is 3.74. The number of benzene rings is 1. The van der Waals surface area contributed by atoms with Crippen LogP contribution in [0.15, 0.2) is 22.7 Å². The first-order valence-electron chi connectivity index (χ1n) is 5.48. The maximum absolute atomic E-state index is 11.9. The van der Waals surface area contributed by atoms with Gasteiger partial charge in [0.1, 0.15) is 0 Å². The van der Waals surface area contributed by atoms with Crippen LogP contribution >= 0.6 is 15.9 Å². The van der Waals surface area contributed by atoms with Crippen LogP contribution in [0.2, 0.25) is 0 Å². The molecule has 0 aliphatic heterocycles. The van der Waals surface area contributed by atoms with E-state index in [0.29, 0.717) is 28.9 Å². The number of nitrogens with one attached hydrogen (secondary N) is 1. The quantitative estimate of drug-likeness (QED) is 0.819. The minimum Gasteiger partial charge on any atom is -0.398 e. The predicted octanol–water partition coefficient (Wildman–Crippen LogP) is 2.19. The lowest BCUT2D eigenvalue weighted by molar-refractivity contribution is 0.0871. The molecule has 0 saturated carbocycles. The summed E-state index contributed by atoms with van der Waals surface area (Å²) >= 11 is 3.31. The summed E-state index contributed by atoms with van der Waals surface area (Å²) in [7, 11) is 0. The predicted molar refractivity (Wildman–Crippen MR) is 72.0 cm³/mol. The van der Waals surface area contributed by atoms with Gasteiger partial charge in [-0.2, -0.15) is 0 Å². The minimum absolute atomic E-state index is 0.0317. The van der Waals surface area contributed by atoms with Crippen LogP contribution < -0.4 is 11.1 Å². The zero-order valence-corrected chi connectivity index (χ0v) is 11.6. The summed E-state index contributed by atoms with van der Waals surface area (Å²) in [5.74, 6) is -0.156. The summed E-state index contributed by atoms with van der Waals surface area (Å²) in [5, 5.41) is 2.85. The Labute approximate surface area is 110 Å². The highest BCUT2D eigenvalue weighted by molar-refractivity contribution is 9.10. The van der Waals surface area contributed by atoms with Crippen LogP contribution in [0.4, 0.5) is 5.69 Å². The minimum atomic E-state index is -0.156. The molecule has 0 radical (unpaired) electrons. The molecule has 0 bridgehead atoms. The number of halogens is 1. The Bertz CT molecular complexity index is 396. The summed E-state index contributed by atoms with van der Waals surface area (Å²) in [5.41, 5.74) is 6.80. The first-order valence-corrected chi connectivity index (χ1v) is 6.28. The lowest BCUT2D eigenvalue weighted by atomic mass is 10.2. The summed E-state index contributed by atoms with van der Waals surface area (Å²) < 4.78 is 5.86. The lowest BCUT2D eigenvalue weighted by Crippen LogP contribution is -2.36. The third-order valence-electron chi connectivity index (χ3n) is 2.22. The molecule has 5 heteroatoms. The van der Waals surface area contributed by atoms with E-state index in [0.717, 1.165) is 0 Å². The molecular formula is C12H17BrN2O2. The Morgan fingerprint density at radius 3 is 2.94 bits per heavy atom. The Balaban J connectivity index is 2.67. The van der Waals surface area contributed by atoms with Gasteiger partial charge in [-0.3, -0.25) is 4.79 Å². The number of anilines is 1. The van der Waals surface area contributed by atoms with Crippen molar-refractivity contribution in [3.63, 3.8) is 0 Å². The number of hydrogen-bond donors (Lipinski definition) is 2. The van der Waals surface area contributed by atoms with Gasteiger partial charge in [-0.15, -0.1) is 0 Å². The molecule has 1 aromatic carbocycles. The summed E-state index contributed by atoms with van der Waals surface area (Å²) in [6, 6.07) is 5.19. The Kier molecular flexibility index (Phi) is 5.44. The lowest BCUT2D eigenvalue weighted by Gasteiger charge is -2.14. The summed E-state index contributed by atoms with van der Waals surface area (Å²) in [6.07, 6.45) is 0. The molecule has 1 aromatic rings. The van der Waals surface area contributed by atoms with E-state index in [4.69, 9.17) is 10.5 Å². The van der Waals surface area contributed by atoms with Crippen LogP contribution in [0.3, 0.4) is 0 Å². The maximum Gasteiger partial charge on any atom is 0.252 e. The van der Waals surface area contributed by atoms with E-state index < -0.39 is 0 Å². The van der Waals surface area contributed by atoms with Crippen LogP contribution in [0.1, 0.15) is 24.2 Å². The van der Waals surface area contributed by atoms with Crippen molar-refractivity contribution in [2.45, 2.75) is 19.9 Å². The average Bonchev–Trinajstić information content (AvgIpc) is 2.29. The molecule has 17 heavy (non-hydrogen) atoms. The molecule has 1 rings (SSSR count). The fourth-order valence-corrected chi connectivity index (χ4v) is 1.81. The Morgan fingerprint density at radius 1 is 1.59 bits per heavy atom. The van der Waals surface area contributed by atoms with Crippen molar-refractivity contribution in [3.05, 3.63) is 28.2 Å². The van der Waals surface area contributed by atoms with Gasteiger partial charge in [-0.05, 0) is 41.9 Å². The number of carbonyl (C=O) groups is 1. The molecule has 94 valence electrons. The molecule has 0 aromatic heterocycles.